The molecule has 1 amide bonds. The number of ether oxygens (including phenoxy) is 1. The molecule has 1 N–H and O–H groups in total. The monoisotopic (exact) mass is 322 g/mol. The molecule has 1 fully saturated rings. The predicted molar refractivity (Wildman–Crippen MR) is 88.7 cm³/mol. The molecule has 0 radical (unpaired) electrons. The topological polar surface area (TPSA) is 41.6 Å². The summed E-state index contributed by atoms with van der Waals surface area (Å²) >= 11 is 0. The van der Waals surface area contributed by atoms with Crippen molar-refractivity contribution in [2.75, 3.05) is 32.8 Å². The minimum absolute atomic E-state index is 0.0150. The maximum Gasteiger partial charge on any atom is 0.220 e. The van der Waals surface area contributed by atoms with Crippen LogP contribution in [0, 0.1) is 11.7 Å². The van der Waals surface area contributed by atoms with Gasteiger partial charge >= 0.3 is 0 Å². The molecule has 0 aliphatic carbocycles. The zero-order valence-electron chi connectivity index (χ0n) is 14.1. The molecule has 23 heavy (non-hydrogen) atoms. The van der Waals surface area contributed by atoms with Crippen LogP contribution in [-0.4, -0.2) is 49.7 Å². The molecule has 0 bridgehead atoms. The second-order valence-electron chi connectivity index (χ2n) is 6.58. The molecule has 1 aliphatic rings. The van der Waals surface area contributed by atoms with E-state index in [1.165, 1.54) is 12.1 Å². The van der Waals surface area contributed by atoms with Crippen molar-refractivity contribution in [1.82, 2.24) is 10.2 Å². The first-order valence-electron chi connectivity index (χ1n) is 8.38. The van der Waals surface area contributed by atoms with Crippen molar-refractivity contribution in [2.24, 2.45) is 5.92 Å². The van der Waals surface area contributed by atoms with Crippen molar-refractivity contribution in [2.45, 2.75) is 32.8 Å². The van der Waals surface area contributed by atoms with Crippen LogP contribution in [0.2, 0.25) is 0 Å². The van der Waals surface area contributed by atoms with Crippen LogP contribution in [0.3, 0.4) is 0 Å². The lowest BCUT2D eigenvalue weighted by atomic mass is 10.1. The summed E-state index contributed by atoms with van der Waals surface area (Å²) in [7, 11) is 0. The summed E-state index contributed by atoms with van der Waals surface area (Å²) in [6, 6.07) is 6.39. The van der Waals surface area contributed by atoms with Crippen LogP contribution in [-0.2, 0) is 16.0 Å². The molecule has 1 aromatic carbocycles. The number of carbonyl (C=O) groups is 1. The molecule has 0 spiro atoms. The van der Waals surface area contributed by atoms with E-state index < -0.39 is 0 Å². The summed E-state index contributed by atoms with van der Waals surface area (Å²) in [6.07, 6.45) is 0.973. The number of nitrogens with zero attached hydrogens (tertiary/aromatic N) is 1. The Labute approximate surface area is 138 Å². The van der Waals surface area contributed by atoms with Gasteiger partial charge in [0.2, 0.25) is 5.91 Å². The summed E-state index contributed by atoms with van der Waals surface area (Å²) in [6.45, 7) is 8.56. The van der Waals surface area contributed by atoms with E-state index in [1.807, 2.05) is 6.07 Å². The van der Waals surface area contributed by atoms with Crippen molar-refractivity contribution in [3.63, 3.8) is 0 Å². The van der Waals surface area contributed by atoms with Crippen LogP contribution in [0.25, 0.3) is 0 Å². The summed E-state index contributed by atoms with van der Waals surface area (Å²) in [5.41, 5.74) is 0.845. The van der Waals surface area contributed by atoms with Crippen LogP contribution in [0.1, 0.15) is 25.8 Å². The van der Waals surface area contributed by atoms with Gasteiger partial charge in [0.25, 0.3) is 0 Å². The van der Waals surface area contributed by atoms with Gasteiger partial charge < -0.3 is 10.1 Å². The summed E-state index contributed by atoms with van der Waals surface area (Å²) in [5.74, 6) is 0.359. The normalized spacial score (nSPS) is 19.0. The van der Waals surface area contributed by atoms with E-state index in [0.29, 0.717) is 25.3 Å². The Kier molecular flexibility index (Phi) is 6.99. The van der Waals surface area contributed by atoms with Crippen molar-refractivity contribution in [1.29, 1.82) is 0 Å². The van der Waals surface area contributed by atoms with Crippen LogP contribution >= 0.6 is 0 Å². The minimum Gasteiger partial charge on any atom is -0.374 e. The number of hydrogen-bond acceptors (Lipinski definition) is 3. The molecule has 128 valence electrons. The van der Waals surface area contributed by atoms with Gasteiger partial charge in [0.1, 0.15) is 5.82 Å². The van der Waals surface area contributed by atoms with E-state index in [-0.39, 0.29) is 17.8 Å². The molecular weight excluding hydrogens is 295 g/mol. The molecule has 1 atom stereocenters. The molecule has 2 rings (SSSR count). The van der Waals surface area contributed by atoms with Gasteiger partial charge in [-0.25, -0.2) is 4.39 Å². The first-order chi connectivity index (χ1) is 11.0. The maximum atomic E-state index is 13.1. The first kappa shape index (κ1) is 17.9. The fraction of sp³-hybridized carbons (Fsp3) is 0.611. The third-order valence-electron chi connectivity index (χ3n) is 3.90. The highest BCUT2D eigenvalue weighted by molar-refractivity contribution is 5.76. The van der Waals surface area contributed by atoms with E-state index in [0.717, 1.165) is 31.8 Å². The predicted octanol–water partition coefficient (Wildman–Crippen LogP) is 2.23. The fourth-order valence-electron chi connectivity index (χ4n) is 2.85. The lowest BCUT2D eigenvalue weighted by Crippen LogP contribution is -2.48. The van der Waals surface area contributed by atoms with Gasteiger partial charge in [-0.2, -0.15) is 0 Å². The van der Waals surface area contributed by atoms with Gasteiger partial charge in [-0.1, -0.05) is 26.0 Å². The number of amides is 1. The second kappa shape index (κ2) is 8.99. The lowest BCUT2D eigenvalue weighted by molar-refractivity contribution is -0.122. The molecule has 4 nitrogen and oxygen atoms in total. The zero-order valence-corrected chi connectivity index (χ0v) is 14.1. The van der Waals surface area contributed by atoms with Crippen molar-refractivity contribution >= 4 is 5.91 Å². The second-order valence-corrected chi connectivity index (χ2v) is 6.58. The Bertz CT molecular complexity index is 508. The fourth-order valence-corrected chi connectivity index (χ4v) is 2.85. The van der Waals surface area contributed by atoms with Crippen molar-refractivity contribution in [3.8, 4) is 0 Å². The quantitative estimate of drug-likeness (QED) is 0.837. The number of aryl methyl sites for hydroxylation is 1. The average Bonchev–Trinajstić information content (AvgIpc) is 2.51. The third-order valence-corrected chi connectivity index (χ3v) is 3.90. The lowest BCUT2D eigenvalue weighted by Gasteiger charge is -2.33. The van der Waals surface area contributed by atoms with Gasteiger partial charge in [0.15, 0.2) is 0 Å². The van der Waals surface area contributed by atoms with E-state index in [9.17, 15) is 9.18 Å². The van der Waals surface area contributed by atoms with E-state index in [1.54, 1.807) is 6.07 Å². The number of nitrogens with one attached hydrogen (secondary N) is 1. The number of morpholine rings is 1. The molecule has 0 saturated carbocycles. The third kappa shape index (κ3) is 6.67. The smallest absolute Gasteiger partial charge is 0.220 e. The van der Waals surface area contributed by atoms with Crippen molar-refractivity contribution < 1.29 is 13.9 Å². The zero-order chi connectivity index (χ0) is 16.7. The minimum atomic E-state index is -0.260. The number of halogens is 1. The van der Waals surface area contributed by atoms with E-state index in [2.05, 4.69) is 24.1 Å². The molecule has 1 heterocycles. The van der Waals surface area contributed by atoms with Crippen LogP contribution in [0.15, 0.2) is 24.3 Å². The Hall–Kier alpha value is -1.46. The van der Waals surface area contributed by atoms with Crippen molar-refractivity contribution in [3.05, 3.63) is 35.6 Å². The van der Waals surface area contributed by atoms with Gasteiger partial charge in [0, 0.05) is 32.6 Å². The van der Waals surface area contributed by atoms with Gasteiger partial charge in [0.05, 0.1) is 12.7 Å². The number of carbonyl (C=O) groups excluding carboxylic acids is 1. The van der Waals surface area contributed by atoms with Gasteiger partial charge in [-0.05, 0) is 30.0 Å². The van der Waals surface area contributed by atoms with E-state index in [4.69, 9.17) is 4.74 Å². The summed E-state index contributed by atoms with van der Waals surface area (Å²) < 4.78 is 18.8. The number of benzene rings is 1. The average molecular weight is 322 g/mol. The number of hydrogen-bond donors (Lipinski definition) is 1. The molecular formula is C18H27FN2O2. The molecule has 1 aromatic rings. The highest BCUT2D eigenvalue weighted by atomic mass is 19.1. The maximum absolute atomic E-state index is 13.1. The van der Waals surface area contributed by atoms with Crippen LogP contribution < -0.4 is 5.32 Å². The largest absolute Gasteiger partial charge is 0.374 e. The summed E-state index contributed by atoms with van der Waals surface area (Å²) in [4.78, 5) is 14.3. The Morgan fingerprint density at radius 3 is 3.04 bits per heavy atom. The Morgan fingerprint density at radius 1 is 1.48 bits per heavy atom. The standard InChI is InChI=1S/C18H27FN2O2/c1-14(2)12-21-8-9-23-17(13-21)11-20-18(22)7-6-15-4-3-5-16(19)10-15/h3-5,10,14,17H,6-9,11-13H2,1-2H3,(H,20,22). The SMILES string of the molecule is CC(C)CN1CCOC(CNC(=O)CCc2cccc(F)c2)C1. The molecule has 0 aromatic heterocycles. The van der Waals surface area contributed by atoms with Gasteiger partial charge in [-0.15, -0.1) is 0 Å². The first-order valence-corrected chi connectivity index (χ1v) is 8.38. The molecule has 1 aliphatic heterocycles. The highest BCUT2D eigenvalue weighted by Crippen LogP contribution is 2.08. The van der Waals surface area contributed by atoms with Gasteiger partial charge in [-0.3, -0.25) is 9.69 Å². The Balaban J connectivity index is 1.67. The molecule has 1 saturated heterocycles. The van der Waals surface area contributed by atoms with E-state index >= 15 is 0 Å². The molecule has 1 unspecified atom stereocenters. The Morgan fingerprint density at radius 2 is 2.30 bits per heavy atom. The molecule has 5 heteroatoms. The van der Waals surface area contributed by atoms with Crippen LogP contribution in [0.4, 0.5) is 4.39 Å². The number of rotatable bonds is 7. The van der Waals surface area contributed by atoms with Crippen LogP contribution in [0.5, 0.6) is 0 Å². The summed E-state index contributed by atoms with van der Waals surface area (Å²) in [5, 5.41) is 2.93. The highest BCUT2D eigenvalue weighted by Gasteiger charge is 2.21.